The molecule has 0 aromatic heterocycles. The van der Waals surface area contributed by atoms with Crippen LogP contribution in [0.5, 0.6) is 0 Å². The number of piperazine rings is 1. The molecule has 3 rings (SSSR count). The van der Waals surface area contributed by atoms with Gasteiger partial charge in [0.15, 0.2) is 0 Å². The first kappa shape index (κ1) is 12.9. The highest BCUT2D eigenvalue weighted by atomic mass is 15.3. The first-order valence-corrected chi connectivity index (χ1v) is 8.09. The molecule has 1 aliphatic carbocycles. The molecule has 1 saturated carbocycles. The molecule has 2 heterocycles. The summed E-state index contributed by atoms with van der Waals surface area (Å²) in [6.07, 6.45) is 8.66. The molecule has 2 saturated heterocycles. The average molecular weight is 251 g/mol. The zero-order valence-corrected chi connectivity index (χ0v) is 11.7. The van der Waals surface area contributed by atoms with Crippen molar-refractivity contribution in [3.8, 4) is 0 Å². The number of hydrogen-bond acceptors (Lipinski definition) is 3. The third kappa shape index (κ3) is 3.25. The van der Waals surface area contributed by atoms with Crippen molar-refractivity contribution >= 4 is 0 Å². The highest BCUT2D eigenvalue weighted by molar-refractivity contribution is 4.83. The van der Waals surface area contributed by atoms with Gasteiger partial charge in [-0.15, -0.1) is 0 Å². The Morgan fingerprint density at radius 2 is 1.50 bits per heavy atom. The van der Waals surface area contributed by atoms with Crippen LogP contribution in [0.2, 0.25) is 0 Å². The highest BCUT2D eigenvalue weighted by Gasteiger charge is 2.27. The molecule has 3 nitrogen and oxygen atoms in total. The second kappa shape index (κ2) is 6.36. The van der Waals surface area contributed by atoms with E-state index < -0.39 is 0 Å². The van der Waals surface area contributed by atoms with E-state index in [9.17, 15) is 0 Å². The summed E-state index contributed by atoms with van der Waals surface area (Å²) < 4.78 is 0. The zero-order chi connectivity index (χ0) is 12.2. The maximum atomic E-state index is 3.47. The van der Waals surface area contributed by atoms with Gasteiger partial charge >= 0.3 is 0 Å². The SMILES string of the molecule is C1CCC(N2CCN(CC3CCNCC3)CC2)C1. The van der Waals surface area contributed by atoms with Crippen molar-refractivity contribution in [1.29, 1.82) is 0 Å². The molecule has 3 heteroatoms. The van der Waals surface area contributed by atoms with Gasteiger partial charge < -0.3 is 10.2 Å². The lowest BCUT2D eigenvalue weighted by atomic mass is 9.97. The summed E-state index contributed by atoms with van der Waals surface area (Å²) in [5.41, 5.74) is 0. The fourth-order valence-electron chi connectivity index (χ4n) is 4.01. The van der Waals surface area contributed by atoms with Gasteiger partial charge in [-0.1, -0.05) is 12.8 Å². The van der Waals surface area contributed by atoms with Crippen LogP contribution in [0.3, 0.4) is 0 Å². The molecule has 0 aromatic rings. The average Bonchev–Trinajstić information content (AvgIpc) is 2.95. The van der Waals surface area contributed by atoms with Crippen molar-refractivity contribution < 1.29 is 0 Å². The quantitative estimate of drug-likeness (QED) is 0.821. The van der Waals surface area contributed by atoms with Gasteiger partial charge in [-0.05, 0) is 44.7 Å². The maximum absolute atomic E-state index is 3.47. The molecule has 1 N–H and O–H groups in total. The van der Waals surface area contributed by atoms with E-state index in [1.54, 1.807) is 0 Å². The number of rotatable bonds is 3. The van der Waals surface area contributed by atoms with E-state index in [0.717, 1.165) is 12.0 Å². The fourth-order valence-corrected chi connectivity index (χ4v) is 4.01. The smallest absolute Gasteiger partial charge is 0.0113 e. The summed E-state index contributed by atoms with van der Waals surface area (Å²) in [4.78, 5) is 5.49. The minimum Gasteiger partial charge on any atom is -0.317 e. The van der Waals surface area contributed by atoms with Crippen molar-refractivity contribution in [2.45, 2.75) is 44.6 Å². The topological polar surface area (TPSA) is 18.5 Å². The van der Waals surface area contributed by atoms with E-state index in [4.69, 9.17) is 0 Å². The molecule has 0 aromatic carbocycles. The molecule has 2 aliphatic heterocycles. The minimum absolute atomic E-state index is 0.936. The van der Waals surface area contributed by atoms with Crippen LogP contribution in [0.25, 0.3) is 0 Å². The van der Waals surface area contributed by atoms with Crippen molar-refractivity contribution in [3.63, 3.8) is 0 Å². The Morgan fingerprint density at radius 3 is 2.17 bits per heavy atom. The first-order valence-electron chi connectivity index (χ1n) is 8.09. The van der Waals surface area contributed by atoms with Crippen molar-refractivity contribution in [2.24, 2.45) is 5.92 Å². The molecule has 0 unspecified atom stereocenters. The lowest BCUT2D eigenvalue weighted by Crippen LogP contribution is -2.51. The number of nitrogens with zero attached hydrogens (tertiary/aromatic N) is 2. The third-order valence-corrected chi connectivity index (χ3v) is 5.22. The molecule has 18 heavy (non-hydrogen) atoms. The van der Waals surface area contributed by atoms with Crippen LogP contribution < -0.4 is 5.32 Å². The molecule has 3 aliphatic rings. The summed E-state index contributed by atoms with van der Waals surface area (Å²) >= 11 is 0. The number of nitrogens with one attached hydrogen (secondary N) is 1. The Hall–Kier alpha value is -0.120. The van der Waals surface area contributed by atoms with Gasteiger partial charge in [0.05, 0.1) is 0 Å². The molecule has 104 valence electrons. The van der Waals surface area contributed by atoms with E-state index >= 15 is 0 Å². The predicted molar refractivity (Wildman–Crippen MR) is 75.9 cm³/mol. The normalized spacial score (nSPS) is 30.0. The van der Waals surface area contributed by atoms with E-state index in [2.05, 4.69) is 15.1 Å². The second-order valence-corrected chi connectivity index (χ2v) is 6.47. The summed E-state index contributed by atoms with van der Waals surface area (Å²) in [6, 6.07) is 0.936. The van der Waals surface area contributed by atoms with Gasteiger partial charge in [0.1, 0.15) is 0 Å². The Kier molecular flexibility index (Phi) is 4.55. The predicted octanol–water partition coefficient (Wildman–Crippen LogP) is 1.55. The van der Waals surface area contributed by atoms with E-state index in [0.29, 0.717) is 0 Å². The van der Waals surface area contributed by atoms with Crippen LogP contribution in [0, 0.1) is 5.92 Å². The lowest BCUT2D eigenvalue weighted by molar-refractivity contribution is 0.0835. The van der Waals surface area contributed by atoms with Crippen molar-refractivity contribution in [3.05, 3.63) is 0 Å². The summed E-state index contributed by atoms with van der Waals surface area (Å²) in [5.74, 6) is 0.962. The summed E-state index contributed by atoms with van der Waals surface area (Å²) in [5, 5.41) is 3.47. The van der Waals surface area contributed by atoms with Crippen LogP contribution in [-0.4, -0.2) is 61.7 Å². The minimum atomic E-state index is 0.936. The molecule has 0 radical (unpaired) electrons. The van der Waals surface area contributed by atoms with Crippen LogP contribution in [0.1, 0.15) is 38.5 Å². The number of piperidine rings is 1. The molecule has 0 spiro atoms. The fraction of sp³-hybridized carbons (Fsp3) is 1.00. The third-order valence-electron chi connectivity index (χ3n) is 5.22. The highest BCUT2D eigenvalue weighted by Crippen LogP contribution is 2.24. The van der Waals surface area contributed by atoms with E-state index in [1.807, 2.05) is 0 Å². The first-order chi connectivity index (χ1) is 8.92. The van der Waals surface area contributed by atoms with Gasteiger partial charge in [0, 0.05) is 38.8 Å². The maximum Gasteiger partial charge on any atom is 0.0113 e. The van der Waals surface area contributed by atoms with Crippen LogP contribution >= 0.6 is 0 Å². The molecule has 0 amide bonds. The summed E-state index contributed by atoms with van der Waals surface area (Å²) in [7, 11) is 0. The zero-order valence-electron chi connectivity index (χ0n) is 11.7. The molecule has 0 bridgehead atoms. The van der Waals surface area contributed by atoms with Gasteiger partial charge in [-0.25, -0.2) is 0 Å². The standard InChI is InChI=1S/C15H29N3/c1-2-4-15(3-1)18-11-9-17(10-12-18)13-14-5-7-16-8-6-14/h14-16H,1-13H2. The Bertz CT molecular complexity index is 236. The second-order valence-electron chi connectivity index (χ2n) is 6.47. The van der Waals surface area contributed by atoms with Crippen molar-refractivity contribution in [2.75, 3.05) is 45.8 Å². The Labute approximate surface area is 112 Å². The van der Waals surface area contributed by atoms with E-state index in [-0.39, 0.29) is 0 Å². The Balaban J connectivity index is 1.39. The molecular weight excluding hydrogens is 222 g/mol. The Morgan fingerprint density at radius 1 is 0.833 bits per heavy atom. The van der Waals surface area contributed by atoms with Crippen LogP contribution in [0.15, 0.2) is 0 Å². The van der Waals surface area contributed by atoms with Gasteiger partial charge in [0.2, 0.25) is 0 Å². The van der Waals surface area contributed by atoms with Gasteiger partial charge in [-0.3, -0.25) is 4.90 Å². The lowest BCUT2D eigenvalue weighted by Gasteiger charge is -2.39. The van der Waals surface area contributed by atoms with Gasteiger partial charge in [-0.2, -0.15) is 0 Å². The molecular formula is C15H29N3. The largest absolute Gasteiger partial charge is 0.317 e. The monoisotopic (exact) mass is 251 g/mol. The summed E-state index contributed by atoms with van der Waals surface area (Å²) in [6.45, 7) is 9.14. The van der Waals surface area contributed by atoms with Crippen LogP contribution in [0.4, 0.5) is 0 Å². The van der Waals surface area contributed by atoms with Crippen LogP contribution in [-0.2, 0) is 0 Å². The number of hydrogen-bond donors (Lipinski definition) is 1. The van der Waals surface area contributed by atoms with Crippen molar-refractivity contribution in [1.82, 2.24) is 15.1 Å². The molecule has 3 fully saturated rings. The van der Waals surface area contributed by atoms with Gasteiger partial charge in [0.25, 0.3) is 0 Å². The van der Waals surface area contributed by atoms with E-state index in [1.165, 1.54) is 84.3 Å². The molecule has 0 atom stereocenters.